The SMILES string of the molecule is COC(=O)c1cccc(N)c1OCc1cccc(Cl)c1. The molecular weight excluding hydrogens is 278 g/mol. The van der Waals surface area contributed by atoms with E-state index in [4.69, 9.17) is 26.8 Å². The van der Waals surface area contributed by atoms with E-state index in [1.165, 1.54) is 7.11 Å². The molecule has 0 unspecified atom stereocenters. The van der Waals surface area contributed by atoms with Crippen molar-refractivity contribution >= 4 is 23.3 Å². The van der Waals surface area contributed by atoms with Crippen molar-refractivity contribution in [2.45, 2.75) is 6.61 Å². The summed E-state index contributed by atoms with van der Waals surface area (Å²) in [6.07, 6.45) is 0. The van der Waals surface area contributed by atoms with Crippen LogP contribution in [-0.4, -0.2) is 13.1 Å². The highest BCUT2D eigenvalue weighted by Crippen LogP contribution is 2.28. The van der Waals surface area contributed by atoms with Crippen LogP contribution in [0.1, 0.15) is 15.9 Å². The van der Waals surface area contributed by atoms with Crippen LogP contribution >= 0.6 is 11.6 Å². The Labute approximate surface area is 122 Å². The molecule has 20 heavy (non-hydrogen) atoms. The van der Waals surface area contributed by atoms with E-state index in [-0.39, 0.29) is 6.61 Å². The van der Waals surface area contributed by atoms with Crippen molar-refractivity contribution in [1.82, 2.24) is 0 Å². The van der Waals surface area contributed by atoms with E-state index in [0.717, 1.165) is 5.56 Å². The standard InChI is InChI=1S/C15H14ClNO3/c1-19-15(18)12-6-3-7-13(17)14(12)20-9-10-4-2-5-11(16)8-10/h2-8H,9,17H2,1H3. The van der Waals surface area contributed by atoms with Crippen molar-refractivity contribution in [3.63, 3.8) is 0 Å². The van der Waals surface area contributed by atoms with Gasteiger partial charge in [0.05, 0.1) is 12.8 Å². The minimum absolute atomic E-state index is 0.263. The van der Waals surface area contributed by atoms with Crippen molar-refractivity contribution in [2.75, 3.05) is 12.8 Å². The molecule has 2 aromatic rings. The van der Waals surface area contributed by atoms with Crippen LogP contribution in [-0.2, 0) is 11.3 Å². The zero-order valence-electron chi connectivity index (χ0n) is 10.9. The zero-order valence-corrected chi connectivity index (χ0v) is 11.7. The molecule has 0 saturated heterocycles. The Morgan fingerprint density at radius 3 is 2.70 bits per heavy atom. The Kier molecular flexibility index (Phi) is 4.48. The fraction of sp³-hybridized carbons (Fsp3) is 0.133. The van der Waals surface area contributed by atoms with E-state index in [9.17, 15) is 4.79 Å². The number of carbonyl (C=O) groups is 1. The smallest absolute Gasteiger partial charge is 0.341 e. The number of nitrogen functional groups attached to an aromatic ring is 1. The van der Waals surface area contributed by atoms with Crippen LogP contribution in [0.4, 0.5) is 5.69 Å². The molecule has 104 valence electrons. The molecule has 5 heteroatoms. The molecule has 0 atom stereocenters. The molecule has 0 heterocycles. The van der Waals surface area contributed by atoms with Gasteiger partial charge in [0.2, 0.25) is 0 Å². The van der Waals surface area contributed by atoms with Gasteiger partial charge in [0.15, 0.2) is 5.75 Å². The van der Waals surface area contributed by atoms with Crippen LogP contribution in [0.3, 0.4) is 0 Å². The van der Waals surface area contributed by atoms with E-state index in [0.29, 0.717) is 22.0 Å². The molecule has 0 saturated carbocycles. The van der Waals surface area contributed by atoms with Gasteiger partial charge in [0, 0.05) is 5.02 Å². The molecule has 0 bridgehead atoms. The van der Waals surface area contributed by atoms with Crippen LogP contribution in [0.15, 0.2) is 42.5 Å². The number of esters is 1. The van der Waals surface area contributed by atoms with E-state index >= 15 is 0 Å². The number of anilines is 1. The third kappa shape index (κ3) is 3.22. The highest BCUT2D eigenvalue weighted by atomic mass is 35.5. The molecule has 0 fully saturated rings. The molecule has 0 amide bonds. The summed E-state index contributed by atoms with van der Waals surface area (Å²) in [5.74, 6) is -0.169. The van der Waals surface area contributed by atoms with Gasteiger partial charge in [-0.3, -0.25) is 0 Å². The first-order chi connectivity index (χ1) is 9.61. The second-order valence-corrected chi connectivity index (χ2v) is 4.57. The number of ether oxygens (including phenoxy) is 2. The molecule has 0 aliphatic heterocycles. The number of methoxy groups -OCH3 is 1. The van der Waals surface area contributed by atoms with Crippen LogP contribution in [0.2, 0.25) is 5.02 Å². The average Bonchev–Trinajstić information content (AvgIpc) is 2.45. The molecule has 0 spiro atoms. The first-order valence-corrected chi connectivity index (χ1v) is 6.33. The van der Waals surface area contributed by atoms with Crippen LogP contribution in [0.5, 0.6) is 5.75 Å². The van der Waals surface area contributed by atoms with Gasteiger partial charge in [0.25, 0.3) is 0 Å². The highest BCUT2D eigenvalue weighted by molar-refractivity contribution is 6.30. The van der Waals surface area contributed by atoms with Crippen molar-refractivity contribution in [1.29, 1.82) is 0 Å². The first kappa shape index (κ1) is 14.2. The normalized spacial score (nSPS) is 10.1. The largest absolute Gasteiger partial charge is 0.486 e. The van der Waals surface area contributed by atoms with Gasteiger partial charge >= 0.3 is 5.97 Å². The minimum Gasteiger partial charge on any atom is -0.486 e. The molecule has 0 aliphatic carbocycles. The van der Waals surface area contributed by atoms with E-state index in [1.807, 2.05) is 12.1 Å². The van der Waals surface area contributed by atoms with Crippen LogP contribution in [0, 0.1) is 0 Å². The van der Waals surface area contributed by atoms with E-state index < -0.39 is 5.97 Å². The Morgan fingerprint density at radius 2 is 2.00 bits per heavy atom. The molecule has 2 aromatic carbocycles. The molecule has 0 aliphatic rings. The van der Waals surface area contributed by atoms with Gasteiger partial charge < -0.3 is 15.2 Å². The van der Waals surface area contributed by atoms with Crippen LogP contribution < -0.4 is 10.5 Å². The number of rotatable bonds is 4. The Balaban J connectivity index is 2.23. The van der Waals surface area contributed by atoms with Crippen molar-refractivity contribution < 1.29 is 14.3 Å². The first-order valence-electron chi connectivity index (χ1n) is 5.96. The molecule has 2 N–H and O–H groups in total. The summed E-state index contributed by atoms with van der Waals surface area (Å²) >= 11 is 5.91. The maximum absolute atomic E-state index is 11.7. The van der Waals surface area contributed by atoms with Gasteiger partial charge in [0.1, 0.15) is 12.2 Å². The molecule has 0 aromatic heterocycles. The van der Waals surface area contributed by atoms with Gasteiger partial charge in [-0.25, -0.2) is 4.79 Å². The predicted octanol–water partition coefficient (Wildman–Crippen LogP) is 3.29. The number of para-hydroxylation sites is 1. The third-order valence-corrected chi connectivity index (χ3v) is 2.96. The fourth-order valence-electron chi connectivity index (χ4n) is 1.77. The topological polar surface area (TPSA) is 61.5 Å². The number of carbonyl (C=O) groups excluding carboxylic acids is 1. The minimum atomic E-state index is -0.488. The molecule has 4 nitrogen and oxygen atoms in total. The van der Waals surface area contributed by atoms with Crippen molar-refractivity contribution in [3.05, 3.63) is 58.6 Å². The Bertz CT molecular complexity index is 628. The molecule has 2 rings (SSSR count). The van der Waals surface area contributed by atoms with Gasteiger partial charge in [-0.1, -0.05) is 29.8 Å². The number of benzene rings is 2. The highest BCUT2D eigenvalue weighted by Gasteiger charge is 2.15. The fourth-order valence-corrected chi connectivity index (χ4v) is 1.98. The Morgan fingerprint density at radius 1 is 1.25 bits per heavy atom. The average molecular weight is 292 g/mol. The summed E-state index contributed by atoms with van der Waals surface area (Å²) in [4.78, 5) is 11.7. The second-order valence-electron chi connectivity index (χ2n) is 4.13. The second kappa shape index (κ2) is 6.30. The summed E-state index contributed by atoms with van der Waals surface area (Å²) in [5.41, 5.74) is 7.42. The van der Waals surface area contributed by atoms with Crippen LogP contribution in [0.25, 0.3) is 0 Å². The lowest BCUT2D eigenvalue weighted by molar-refractivity contribution is 0.0595. The lowest BCUT2D eigenvalue weighted by Gasteiger charge is -2.12. The van der Waals surface area contributed by atoms with Gasteiger partial charge in [-0.05, 0) is 29.8 Å². The van der Waals surface area contributed by atoms with E-state index in [1.54, 1.807) is 30.3 Å². The summed E-state index contributed by atoms with van der Waals surface area (Å²) in [5, 5.41) is 0.625. The lowest BCUT2D eigenvalue weighted by Crippen LogP contribution is -2.08. The van der Waals surface area contributed by atoms with Crippen molar-refractivity contribution in [3.8, 4) is 5.75 Å². The molecule has 0 radical (unpaired) electrons. The quantitative estimate of drug-likeness (QED) is 0.693. The third-order valence-electron chi connectivity index (χ3n) is 2.72. The number of halogens is 1. The van der Waals surface area contributed by atoms with Gasteiger partial charge in [-0.2, -0.15) is 0 Å². The van der Waals surface area contributed by atoms with E-state index in [2.05, 4.69) is 0 Å². The molecular formula is C15H14ClNO3. The summed E-state index contributed by atoms with van der Waals surface area (Å²) in [6, 6.07) is 12.2. The summed E-state index contributed by atoms with van der Waals surface area (Å²) < 4.78 is 10.4. The Hall–Kier alpha value is -2.20. The number of hydrogen-bond acceptors (Lipinski definition) is 4. The lowest BCUT2D eigenvalue weighted by atomic mass is 10.1. The maximum atomic E-state index is 11.7. The van der Waals surface area contributed by atoms with Crippen molar-refractivity contribution in [2.24, 2.45) is 0 Å². The maximum Gasteiger partial charge on any atom is 0.341 e. The zero-order chi connectivity index (χ0) is 14.5. The number of hydrogen-bond donors (Lipinski definition) is 1. The predicted molar refractivity (Wildman–Crippen MR) is 78.0 cm³/mol. The monoisotopic (exact) mass is 291 g/mol. The summed E-state index contributed by atoms with van der Waals surface area (Å²) in [7, 11) is 1.31. The number of nitrogens with two attached hydrogens (primary N) is 1. The van der Waals surface area contributed by atoms with Gasteiger partial charge in [-0.15, -0.1) is 0 Å². The summed E-state index contributed by atoms with van der Waals surface area (Å²) in [6.45, 7) is 0.263.